The Hall–Kier alpha value is 0.150. The van der Waals surface area contributed by atoms with E-state index in [1.54, 1.807) is 6.92 Å². The van der Waals surface area contributed by atoms with E-state index in [9.17, 15) is 4.57 Å². The van der Waals surface area contributed by atoms with Crippen LogP contribution in [0.25, 0.3) is 0 Å². The fraction of sp³-hybridized carbons (Fsp3) is 1.00. The van der Waals surface area contributed by atoms with Gasteiger partial charge in [0.15, 0.2) is 7.37 Å². The van der Waals surface area contributed by atoms with Crippen LogP contribution in [0.5, 0.6) is 0 Å². The highest BCUT2D eigenvalue weighted by atomic mass is 31.2. The molecule has 3 nitrogen and oxygen atoms in total. The molecule has 2 N–H and O–H groups in total. The van der Waals surface area contributed by atoms with Crippen LogP contribution in [0.4, 0.5) is 0 Å². The van der Waals surface area contributed by atoms with Gasteiger partial charge in [0.1, 0.15) is 0 Å². The van der Waals surface area contributed by atoms with Crippen molar-refractivity contribution in [2.45, 2.75) is 19.4 Å². The van der Waals surface area contributed by atoms with Crippen molar-refractivity contribution in [3.05, 3.63) is 0 Å². The molecule has 0 aliphatic carbocycles. The van der Waals surface area contributed by atoms with Gasteiger partial charge in [-0.25, -0.2) is 0 Å². The molecule has 0 spiro atoms. The molecule has 0 aliphatic heterocycles. The molecule has 0 amide bonds. The van der Waals surface area contributed by atoms with Gasteiger partial charge in [0.2, 0.25) is 0 Å². The molecular weight excluding hydrogens is 139 g/mol. The third-order valence-electron chi connectivity index (χ3n) is 0.962. The first-order valence-corrected chi connectivity index (χ1v) is 5.18. The number of hydrogen-bond acceptors (Lipinski definition) is 2. The van der Waals surface area contributed by atoms with Gasteiger partial charge < -0.3 is 10.00 Å². The van der Waals surface area contributed by atoms with Crippen LogP contribution in [-0.2, 0) is 4.57 Å². The second-order valence-corrected chi connectivity index (χ2v) is 4.96. The number of aliphatic hydroxyl groups is 1. The summed E-state index contributed by atoms with van der Waals surface area (Å²) < 4.78 is 10.6. The molecule has 0 saturated heterocycles. The quantitative estimate of drug-likeness (QED) is 0.584. The minimum Gasteiger partial charge on any atom is -0.393 e. The number of hydrogen-bond donors (Lipinski definition) is 2. The van der Waals surface area contributed by atoms with Crippen molar-refractivity contribution in [3.8, 4) is 0 Å². The minimum atomic E-state index is -2.88. The summed E-state index contributed by atoms with van der Waals surface area (Å²) in [6.45, 7) is 2.91. The lowest BCUT2D eigenvalue weighted by molar-refractivity contribution is 0.190. The highest BCUT2D eigenvalue weighted by Gasteiger charge is 2.09. The van der Waals surface area contributed by atoms with Crippen molar-refractivity contribution < 1.29 is 14.6 Å². The van der Waals surface area contributed by atoms with Crippen LogP contribution in [0.15, 0.2) is 0 Å². The topological polar surface area (TPSA) is 57.5 Å². The van der Waals surface area contributed by atoms with Crippen molar-refractivity contribution in [3.63, 3.8) is 0 Å². The molecule has 0 radical (unpaired) electrons. The Morgan fingerprint density at radius 3 is 2.22 bits per heavy atom. The van der Waals surface area contributed by atoms with Crippen molar-refractivity contribution in [2.24, 2.45) is 0 Å². The van der Waals surface area contributed by atoms with Gasteiger partial charge in [-0.05, 0) is 13.3 Å². The molecule has 9 heavy (non-hydrogen) atoms. The van der Waals surface area contributed by atoms with E-state index in [0.717, 1.165) is 0 Å². The SMILES string of the molecule is CC(O)CCP(C)(=O)O. The molecule has 0 aromatic heterocycles. The molecular formula is C5H13O3P. The van der Waals surface area contributed by atoms with E-state index >= 15 is 0 Å². The van der Waals surface area contributed by atoms with E-state index < -0.39 is 13.5 Å². The molecule has 0 aromatic rings. The summed E-state index contributed by atoms with van der Waals surface area (Å²) in [5.41, 5.74) is 0. The van der Waals surface area contributed by atoms with E-state index in [-0.39, 0.29) is 6.16 Å². The second kappa shape index (κ2) is 3.35. The molecule has 0 bridgehead atoms. The zero-order chi connectivity index (χ0) is 7.49. The Bertz CT molecular complexity index is 115. The number of aliphatic hydroxyl groups excluding tert-OH is 1. The van der Waals surface area contributed by atoms with Crippen LogP contribution in [0, 0.1) is 0 Å². The van der Waals surface area contributed by atoms with Crippen molar-refractivity contribution in [1.29, 1.82) is 0 Å². The van der Waals surface area contributed by atoms with E-state index in [1.165, 1.54) is 6.66 Å². The van der Waals surface area contributed by atoms with Gasteiger partial charge in [-0.15, -0.1) is 0 Å². The molecule has 0 heterocycles. The first-order chi connectivity index (χ1) is 3.92. The zero-order valence-electron chi connectivity index (χ0n) is 5.74. The van der Waals surface area contributed by atoms with Gasteiger partial charge in [-0.2, -0.15) is 0 Å². The average molecular weight is 152 g/mol. The monoisotopic (exact) mass is 152 g/mol. The second-order valence-electron chi connectivity index (χ2n) is 2.41. The van der Waals surface area contributed by atoms with Gasteiger partial charge >= 0.3 is 0 Å². The Balaban J connectivity index is 3.40. The molecule has 0 saturated carbocycles. The molecule has 2 unspecified atom stereocenters. The van der Waals surface area contributed by atoms with Crippen LogP contribution in [0.1, 0.15) is 13.3 Å². The lowest BCUT2D eigenvalue weighted by atomic mass is 10.3. The first kappa shape index (κ1) is 9.15. The number of rotatable bonds is 3. The fourth-order valence-electron chi connectivity index (χ4n) is 0.426. The van der Waals surface area contributed by atoms with E-state index in [2.05, 4.69) is 0 Å². The highest BCUT2D eigenvalue weighted by molar-refractivity contribution is 7.57. The maximum atomic E-state index is 10.6. The van der Waals surface area contributed by atoms with Crippen LogP contribution < -0.4 is 0 Å². The normalized spacial score (nSPS) is 20.9. The Kier molecular flexibility index (Phi) is 3.41. The molecule has 2 atom stereocenters. The molecule has 0 aliphatic rings. The minimum absolute atomic E-state index is 0.213. The molecule has 0 fully saturated rings. The van der Waals surface area contributed by atoms with E-state index in [1.807, 2.05) is 0 Å². The summed E-state index contributed by atoms with van der Waals surface area (Å²) in [7, 11) is -2.88. The molecule has 4 heteroatoms. The van der Waals surface area contributed by atoms with Crippen LogP contribution in [-0.4, -0.2) is 28.9 Å². The van der Waals surface area contributed by atoms with Gasteiger partial charge in [0.25, 0.3) is 0 Å². The van der Waals surface area contributed by atoms with E-state index in [0.29, 0.717) is 6.42 Å². The summed E-state index contributed by atoms with van der Waals surface area (Å²) in [5, 5.41) is 8.68. The average Bonchev–Trinajstić information content (AvgIpc) is 1.59. The fourth-order valence-corrected chi connectivity index (χ4v) is 1.28. The summed E-state index contributed by atoms with van der Waals surface area (Å²) in [4.78, 5) is 8.71. The lowest BCUT2D eigenvalue weighted by Gasteiger charge is -2.05. The molecule has 0 rings (SSSR count). The van der Waals surface area contributed by atoms with E-state index in [4.69, 9.17) is 10.00 Å². The summed E-state index contributed by atoms with van der Waals surface area (Å²) in [5.74, 6) is 0. The van der Waals surface area contributed by atoms with Gasteiger partial charge in [0, 0.05) is 12.8 Å². The Labute approximate surface area is 55.2 Å². The maximum absolute atomic E-state index is 10.6. The first-order valence-electron chi connectivity index (χ1n) is 2.89. The predicted molar refractivity (Wildman–Crippen MR) is 36.9 cm³/mol. The summed E-state index contributed by atoms with van der Waals surface area (Å²) in [6, 6.07) is 0. The van der Waals surface area contributed by atoms with Gasteiger partial charge in [-0.3, -0.25) is 4.57 Å². The molecule has 0 aromatic carbocycles. The Morgan fingerprint density at radius 2 is 2.11 bits per heavy atom. The largest absolute Gasteiger partial charge is 0.393 e. The predicted octanol–water partition coefficient (Wildman–Crippen LogP) is 0.657. The smallest absolute Gasteiger partial charge is 0.197 e. The maximum Gasteiger partial charge on any atom is 0.197 e. The van der Waals surface area contributed by atoms with Crippen LogP contribution in [0.3, 0.4) is 0 Å². The third kappa shape index (κ3) is 8.15. The van der Waals surface area contributed by atoms with Crippen LogP contribution in [0.2, 0.25) is 0 Å². The summed E-state index contributed by atoms with van der Waals surface area (Å²) >= 11 is 0. The Morgan fingerprint density at radius 1 is 1.67 bits per heavy atom. The highest BCUT2D eigenvalue weighted by Crippen LogP contribution is 2.35. The van der Waals surface area contributed by atoms with Gasteiger partial charge in [-0.1, -0.05) is 0 Å². The van der Waals surface area contributed by atoms with Crippen LogP contribution >= 0.6 is 7.37 Å². The standard InChI is InChI=1S/C5H13O3P/c1-5(6)3-4-9(2,7)8/h5-6H,3-4H2,1-2H3,(H,7,8). The van der Waals surface area contributed by atoms with Gasteiger partial charge in [0.05, 0.1) is 6.10 Å². The van der Waals surface area contributed by atoms with Crippen molar-refractivity contribution in [2.75, 3.05) is 12.8 Å². The third-order valence-corrected chi connectivity index (χ3v) is 2.05. The van der Waals surface area contributed by atoms with Crippen molar-refractivity contribution >= 4 is 7.37 Å². The lowest BCUT2D eigenvalue weighted by Crippen LogP contribution is -2.02. The zero-order valence-corrected chi connectivity index (χ0v) is 6.64. The van der Waals surface area contributed by atoms with Crippen molar-refractivity contribution in [1.82, 2.24) is 0 Å². The summed E-state index contributed by atoms with van der Waals surface area (Å²) in [6.07, 6.45) is 0.153. The molecule has 56 valence electrons.